The molecule has 21 heavy (non-hydrogen) atoms. The molecule has 0 aliphatic rings. The van der Waals surface area contributed by atoms with Crippen LogP contribution in [0.4, 0.5) is 0 Å². The minimum Gasteiger partial charge on any atom is -0.411 e. The van der Waals surface area contributed by atoms with Crippen LogP contribution in [0.5, 0.6) is 0 Å². The van der Waals surface area contributed by atoms with Crippen molar-refractivity contribution < 1.29 is 19.5 Å². The lowest BCUT2D eigenvalue weighted by Crippen LogP contribution is -2.39. The number of aromatic nitrogens is 2. The van der Waals surface area contributed by atoms with Gasteiger partial charge in [0.1, 0.15) is 0 Å². The number of rotatable bonds is 6. The van der Waals surface area contributed by atoms with Crippen LogP contribution in [0.3, 0.4) is 0 Å². The fourth-order valence-corrected chi connectivity index (χ4v) is 2.08. The van der Waals surface area contributed by atoms with Gasteiger partial charge in [0.25, 0.3) is 0 Å². The lowest BCUT2D eigenvalue weighted by Gasteiger charge is -1.98. The van der Waals surface area contributed by atoms with E-state index < -0.39 is 0 Å². The normalized spacial score (nSPS) is 11.4. The van der Waals surface area contributed by atoms with Gasteiger partial charge < -0.3 is 10.4 Å². The van der Waals surface area contributed by atoms with Gasteiger partial charge >= 0.3 is 0 Å². The summed E-state index contributed by atoms with van der Waals surface area (Å²) in [5.74, 6) is 0. The Hall–Kier alpha value is -2.76. The van der Waals surface area contributed by atoms with Crippen LogP contribution in [0.25, 0.3) is 0 Å². The van der Waals surface area contributed by atoms with Crippen molar-refractivity contribution in [1.82, 2.24) is 0 Å². The SMILES string of the molecule is O/N=C\c1ccc[n+](CCC[n+]2cccc(/C=N/O)c2)c1. The zero-order valence-corrected chi connectivity index (χ0v) is 11.6. The molecule has 0 fully saturated rings. The summed E-state index contributed by atoms with van der Waals surface area (Å²) in [5.41, 5.74) is 1.71. The number of aryl methyl sites for hydroxylation is 2. The summed E-state index contributed by atoms with van der Waals surface area (Å²) >= 11 is 0. The summed E-state index contributed by atoms with van der Waals surface area (Å²) in [5, 5.41) is 23.1. The van der Waals surface area contributed by atoms with Crippen molar-refractivity contribution >= 4 is 12.4 Å². The molecule has 0 unspecified atom stereocenters. The van der Waals surface area contributed by atoms with Gasteiger partial charge in [-0.3, -0.25) is 0 Å². The van der Waals surface area contributed by atoms with E-state index in [1.807, 2.05) is 49.1 Å². The van der Waals surface area contributed by atoms with Crippen LogP contribution >= 0.6 is 0 Å². The standard InChI is InChI=1S/C15H16N4O2/c20-16-10-14-4-1-6-18(12-14)8-3-9-19-7-2-5-15(13-19)11-17-21/h1-2,4-7,10-13H,3,8-9H2/p+2/b16-10-,17-11+. The predicted octanol–water partition coefficient (Wildman–Crippen LogP) is 0.968. The zero-order chi connectivity index (χ0) is 14.9. The molecule has 2 rings (SSSR count). The van der Waals surface area contributed by atoms with Crippen molar-refractivity contribution in [3.05, 3.63) is 60.2 Å². The largest absolute Gasteiger partial charge is 0.411 e. The Kier molecular flexibility index (Phi) is 5.40. The van der Waals surface area contributed by atoms with E-state index in [2.05, 4.69) is 19.4 Å². The molecule has 0 radical (unpaired) electrons. The van der Waals surface area contributed by atoms with E-state index >= 15 is 0 Å². The first kappa shape index (κ1) is 14.6. The molecule has 0 aromatic carbocycles. The smallest absolute Gasteiger partial charge is 0.177 e. The molecule has 0 saturated carbocycles. The highest BCUT2D eigenvalue weighted by Crippen LogP contribution is 1.92. The van der Waals surface area contributed by atoms with Crippen LogP contribution < -0.4 is 9.13 Å². The first-order chi connectivity index (χ1) is 10.3. The van der Waals surface area contributed by atoms with Crippen LogP contribution in [0.15, 0.2) is 59.4 Å². The Bertz CT molecular complexity index is 586. The second-order valence-electron chi connectivity index (χ2n) is 4.59. The monoisotopic (exact) mass is 286 g/mol. The number of hydrogen-bond acceptors (Lipinski definition) is 4. The van der Waals surface area contributed by atoms with Crippen molar-refractivity contribution in [1.29, 1.82) is 0 Å². The summed E-state index contributed by atoms with van der Waals surface area (Å²) in [6, 6.07) is 7.59. The fourth-order valence-electron chi connectivity index (χ4n) is 2.08. The molecule has 0 aliphatic carbocycles. The first-order valence-electron chi connectivity index (χ1n) is 6.65. The van der Waals surface area contributed by atoms with Gasteiger partial charge in [0.2, 0.25) is 0 Å². The highest BCUT2D eigenvalue weighted by atomic mass is 16.4. The van der Waals surface area contributed by atoms with E-state index in [0.717, 1.165) is 30.6 Å². The summed E-state index contributed by atoms with van der Waals surface area (Å²) in [4.78, 5) is 0. The van der Waals surface area contributed by atoms with Gasteiger partial charge in [0, 0.05) is 12.1 Å². The van der Waals surface area contributed by atoms with Gasteiger partial charge in [0.15, 0.2) is 37.9 Å². The second kappa shape index (κ2) is 7.74. The van der Waals surface area contributed by atoms with E-state index in [1.54, 1.807) is 0 Å². The molecule has 2 heterocycles. The van der Waals surface area contributed by atoms with Crippen LogP contribution in [0, 0.1) is 0 Å². The molecule has 0 bridgehead atoms. The van der Waals surface area contributed by atoms with Gasteiger partial charge in [-0.15, -0.1) is 0 Å². The van der Waals surface area contributed by atoms with Crippen molar-refractivity contribution in [3.8, 4) is 0 Å². The maximum atomic E-state index is 8.53. The highest BCUT2D eigenvalue weighted by molar-refractivity contribution is 5.78. The van der Waals surface area contributed by atoms with Crippen LogP contribution in [-0.2, 0) is 13.1 Å². The predicted molar refractivity (Wildman–Crippen MR) is 76.7 cm³/mol. The van der Waals surface area contributed by atoms with Crippen molar-refractivity contribution in [2.24, 2.45) is 10.3 Å². The molecular weight excluding hydrogens is 268 g/mol. The van der Waals surface area contributed by atoms with E-state index in [0.29, 0.717) is 0 Å². The van der Waals surface area contributed by atoms with Crippen LogP contribution in [-0.4, -0.2) is 22.8 Å². The maximum Gasteiger partial charge on any atom is 0.177 e. The molecule has 6 heteroatoms. The quantitative estimate of drug-likeness (QED) is 0.359. The van der Waals surface area contributed by atoms with Gasteiger partial charge in [-0.25, -0.2) is 9.13 Å². The molecule has 2 aromatic rings. The Morgan fingerprint density at radius 3 is 1.76 bits per heavy atom. The topological polar surface area (TPSA) is 72.9 Å². The molecule has 2 N–H and O–H groups in total. The molecule has 6 nitrogen and oxygen atoms in total. The molecule has 0 amide bonds. The second-order valence-corrected chi connectivity index (χ2v) is 4.59. The average Bonchev–Trinajstić information content (AvgIpc) is 2.49. The summed E-state index contributed by atoms with van der Waals surface area (Å²) in [7, 11) is 0. The first-order valence-corrected chi connectivity index (χ1v) is 6.65. The number of pyridine rings is 2. The Balaban J connectivity index is 1.92. The summed E-state index contributed by atoms with van der Waals surface area (Å²) in [6.07, 6.45) is 11.6. The van der Waals surface area contributed by atoms with E-state index in [1.165, 1.54) is 12.4 Å². The van der Waals surface area contributed by atoms with Gasteiger partial charge in [-0.05, 0) is 12.1 Å². The molecule has 2 aromatic heterocycles. The lowest BCUT2D eigenvalue weighted by atomic mass is 10.3. The molecular formula is C15H18N4O2+2. The van der Waals surface area contributed by atoms with Gasteiger partial charge in [-0.1, -0.05) is 10.3 Å². The lowest BCUT2D eigenvalue weighted by molar-refractivity contribution is -0.727. The van der Waals surface area contributed by atoms with E-state index in [9.17, 15) is 0 Å². The van der Waals surface area contributed by atoms with Crippen LogP contribution in [0.2, 0.25) is 0 Å². The Morgan fingerprint density at radius 1 is 0.857 bits per heavy atom. The van der Waals surface area contributed by atoms with Gasteiger partial charge in [0.05, 0.1) is 30.0 Å². The van der Waals surface area contributed by atoms with Crippen LogP contribution in [0.1, 0.15) is 17.5 Å². The maximum absolute atomic E-state index is 8.53. The minimum absolute atomic E-state index is 0.855. The number of hydrogen-bond donors (Lipinski definition) is 2. The third-order valence-corrected chi connectivity index (χ3v) is 3.01. The molecule has 0 spiro atoms. The fraction of sp³-hybridized carbons (Fsp3) is 0.200. The minimum atomic E-state index is 0.855. The summed E-state index contributed by atoms with van der Waals surface area (Å²) < 4.78 is 4.10. The molecule has 0 saturated heterocycles. The molecule has 108 valence electrons. The highest BCUT2D eigenvalue weighted by Gasteiger charge is 2.06. The average molecular weight is 286 g/mol. The van der Waals surface area contributed by atoms with Crippen molar-refractivity contribution in [2.75, 3.05) is 0 Å². The van der Waals surface area contributed by atoms with Crippen molar-refractivity contribution in [2.45, 2.75) is 19.5 Å². The summed E-state index contributed by atoms with van der Waals surface area (Å²) in [6.45, 7) is 1.72. The third kappa shape index (κ3) is 4.68. The Morgan fingerprint density at radius 2 is 1.33 bits per heavy atom. The third-order valence-electron chi connectivity index (χ3n) is 3.01. The molecule has 0 aliphatic heterocycles. The van der Waals surface area contributed by atoms with E-state index in [4.69, 9.17) is 10.4 Å². The van der Waals surface area contributed by atoms with E-state index in [-0.39, 0.29) is 0 Å². The Labute approximate surface area is 122 Å². The van der Waals surface area contributed by atoms with Crippen molar-refractivity contribution in [3.63, 3.8) is 0 Å². The molecule has 0 atom stereocenters. The number of oxime groups is 2. The number of nitrogens with zero attached hydrogens (tertiary/aromatic N) is 4. The zero-order valence-electron chi connectivity index (χ0n) is 11.6. The van der Waals surface area contributed by atoms with Gasteiger partial charge in [-0.2, -0.15) is 0 Å².